The maximum Gasteiger partial charge on any atom is 0.271 e. The highest BCUT2D eigenvalue weighted by Crippen LogP contribution is 2.46. The van der Waals surface area contributed by atoms with Crippen LogP contribution in [-0.2, 0) is 5.41 Å². The fourth-order valence-electron chi connectivity index (χ4n) is 2.45. The first-order valence-corrected chi connectivity index (χ1v) is 6.08. The predicted molar refractivity (Wildman–Crippen MR) is 72.9 cm³/mol. The lowest BCUT2D eigenvalue weighted by Gasteiger charge is -2.41. The van der Waals surface area contributed by atoms with Gasteiger partial charge >= 0.3 is 0 Å². The number of thiocarbonyl (C=S) groups is 1. The number of hydrogen-bond donors (Lipinski definition) is 1. The first-order chi connectivity index (χ1) is 8.59. The van der Waals surface area contributed by atoms with Crippen molar-refractivity contribution in [2.45, 2.75) is 24.7 Å². The lowest BCUT2D eigenvalue weighted by molar-refractivity contribution is -0.384. The van der Waals surface area contributed by atoms with Gasteiger partial charge < -0.3 is 5.73 Å². The molecule has 0 atom stereocenters. The fraction of sp³-hybridized carbons (Fsp3) is 0.417. The smallest absolute Gasteiger partial charge is 0.271 e. The summed E-state index contributed by atoms with van der Waals surface area (Å²) in [5.74, 6) is 0. The molecule has 0 unspecified atom stereocenters. The minimum Gasteiger partial charge on any atom is -0.398 e. The van der Waals surface area contributed by atoms with Crippen LogP contribution in [0.5, 0.6) is 0 Å². The second kappa shape index (κ2) is 4.84. The summed E-state index contributed by atoms with van der Waals surface area (Å²) in [7, 11) is 0. The molecule has 94 valence electrons. The summed E-state index contributed by atoms with van der Waals surface area (Å²) >= 11 is 4.59. The first kappa shape index (κ1) is 12.7. The molecule has 6 heteroatoms. The van der Waals surface area contributed by atoms with Crippen LogP contribution in [0.4, 0.5) is 11.4 Å². The fourth-order valence-corrected chi connectivity index (χ4v) is 2.51. The van der Waals surface area contributed by atoms with Crippen LogP contribution in [0.1, 0.15) is 24.8 Å². The van der Waals surface area contributed by atoms with Crippen LogP contribution < -0.4 is 5.73 Å². The molecule has 0 aliphatic heterocycles. The number of non-ortho nitro benzene ring substituents is 1. The highest BCUT2D eigenvalue weighted by atomic mass is 32.1. The lowest BCUT2D eigenvalue weighted by Crippen LogP contribution is -2.38. The number of nitrogen functional groups attached to an aromatic ring is 1. The van der Waals surface area contributed by atoms with Crippen molar-refractivity contribution in [3.63, 3.8) is 0 Å². The Morgan fingerprint density at radius 2 is 2.28 bits per heavy atom. The van der Waals surface area contributed by atoms with Crippen LogP contribution >= 0.6 is 12.2 Å². The van der Waals surface area contributed by atoms with E-state index in [2.05, 4.69) is 22.4 Å². The van der Waals surface area contributed by atoms with Gasteiger partial charge in [-0.05, 0) is 36.7 Å². The number of nitro benzene ring substituents is 1. The van der Waals surface area contributed by atoms with Gasteiger partial charge in [0.2, 0.25) is 0 Å². The first-order valence-electron chi connectivity index (χ1n) is 5.67. The van der Waals surface area contributed by atoms with Crippen LogP contribution in [0.25, 0.3) is 0 Å². The van der Waals surface area contributed by atoms with Gasteiger partial charge in [-0.25, -0.2) is 4.99 Å². The molecule has 0 radical (unpaired) electrons. The third-order valence-electron chi connectivity index (χ3n) is 3.57. The van der Waals surface area contributed by atoms with Crippen LogP contribution in [0, 0.1) is 10.1 Å². The third-order valence-corrected chi connectivity index (χ3v) is 3.70. The molecule has 5 nitrogen and oxygen atoms in total. The van der Waals surface area contributed by atoms with Crippen LogP contribution in [-0.4, -0.2) is 16.6 Å². The van der Waals surface area contributed by atoms with E-state index >= 15 is 0 Å². The maximum atomic E-state index is 10.7. The van der Waals surface area contributed by atoms with E-state index in [0.29, 0.717) is 12.2 Å². The molecule has 0 heterocycles. The quantitative estimate of drug-likeness (QED) is 0.298. The normalized spacial score (nSPS) is 16.4. The van der Waals surface area contributed by atoms with Gasteiger partial charge in [-0.2, -0.15) is 0 Å². The average Bonchev–Trinajstić information content (AvgIpc) is 2.29. The molecule has 1 saturated carbocycles. The molecule has 1 aromatic rings. The Hall–Kier alpha value is -1.78. The molecule has 0 bridgehead atoms. The predicted octanol–water partition coefficient (Wildman–Crippen LogP) is 2.70. The van der Waals surface area contributed by atoms with Crippen molar-refractivity contribution >= 4 is 28.8 Å². The van der Waals surface area contributed by atoms with E-state index in [9.17, 15) is 10.1 Å². The van der Waals surface area contributed by atoms with Gasteiger partial charge in [0.05, 0.1) is 16.6 Å². The minimum atomic E-state index is -0.442. The van der Waals surface area contributed by atoms with Crippen molar-refractivity contribution in [2.75, 3.05) is 12.3 Å². The molecule has 2 rings (SSSR count). The minimum absolute atomic E-state index is 0.0176. The number of rotatable bonds is 4. The van der Waals surface area contributed by atoms with Crippen LogP contribution in [0.2, 0.25) is 0 Å². The van der Waals surface area contributed by atoms with E-state index in [-0.39, 0.29) is 11.1 Å². The number of nitrogens with zero attached hydrogens (tertiary/aromatic N) is 2. The molecule has 18 heavy (non-hydrogen) atoms. The van der Waals surface area contributed by atoms with Crippen molar-refractivity contribution in [3.05, 3.63) is 33.9 Å². The summed E-state index contributed by atoms with van der Waals surface area (Å²) in [6, 6.07) is 4.65. The molecule has 1 fully saturated rings. The molecule has 2 N–H and O–H groups in total. The molecule has 0 amide bonds. The van der Waals surface area contributed by atoms with Gasteiger partial charge in [0.25, 0.3) is 5.69 Å². The second-order valence-corrected chi connectivity index (χ2v) is 4.75. The lowest BCUT2D eigenvalue weighted by atomic mass is 9.64. The Labute approximate surface area is 110 Å². The molecule has 1 aromatic carbocycles. The van der Waals surface area contributed by atoms with Gasteiger partial charge in [-0.15, -0.1) is 0 Å². The van der Waals surface area contributed by atoms with Crippen molar-refractivity contribution in [1.29, 1.82) is 0 Å². The van der Waals surface area contributed by atoms with Crippen molar-refractivity contribution in [2.24, 2.45) is 4.99 Å². The number of nitro groups is 1. The molecular formula is C12H13N3O2S. The number of isothiocyanates is 1. The largest absolute Gasteiger partial charge is 0.398 e. The van der Waals surface area contributed by atoms with E-state index in [1.54, 1.807) is 6.07 Å². The number of aliphatic imine (C=N–C) groups is 1. The highest BCUT2D eigenvalue weighted by molar-refractivity contribution is 7.78. The Morgan fingerprint density at radius 1 is 1.56 bits per heavy atom. The Morgan fingerprint density at radius 3 is 2.72 bits per heavy atom. The second-order valence-electron chi connectivity index (χ2n) is 4.57. The molecule has 0 saturated heterocycles. The zero-order valence-electron chi connectivity index (χ0n) is 9.76. The summed E-state index contributed by atoms with van der Waals surface area (Å²) in [6.07, 6.45) is 3.08. The molecular weight excluding hydrogens is 250 g/mol. The topological polar surface area (TPSA) is 81.5 Å². The van der Waals surface area contributed by atoms with Gasteiger partial charge in [-0.3, -0.25) is 10.1 Å². The highest BCUT2D eigenvalue weighted by Gasteiger charge is 2.40. The zero-order chi connectivity index (χ0) is 13.2. The average molecular weight is 263 g/mol. The Bertz CT molecular complexity index is 534. The standard InChI is InChI=1S/C12H13N3O2S/c13-11-6-9(15(16)17)2-3-10(11)12(4-1-5-12)7-14-8-18/h2-3,6H,1,4-5,7,13H2. The summed E-state index contributed by atoms with van der Waals surface area (Å²) in [6.45, 7) is 0.554. The maximum absolute atomic E-state index is 10.7. The zero-order valence-corrected chi connectivity index (χ0v) is 10.6. The van der Waals surface area contributed by atoms with Crippen molar-refractivity contribution in [3.8, 4) is 0 Å². The summed E-state index contributed by atoms with van der Waals surface area (Å²) in [4.78, 5) is 14.3. The van der Waals surface area contributed by atoms with Gasteiger partial charge in [0.1, 0.15) is 0 Å². The number of benzene rings is 1. The van der Waals surface area contributed by atoms with E-state index in [1.807, 2.05) is 0 Å². The van der Waals surface area contributed by atoms with Gasteiger partial charge in [0.15, 0.2) is 0 Å². The van der Waals surface area contributed by atoms with E-state index in [1.165, 1.54) is 12.1 Å². The summed E-state index contributed by atoms with van der Waals surface area (Å²) < 4.78 is 0. The Balaban J connectivity index is 2.37. The van der Waals surface area contributed by atoms with E-state index < -0.39 is 4.92 Å². The number of nitrogens with two attached hydrogens (primary N) is 1. The Kier molecular flexibility index (Phi) is 3.41. The molecule has 1 aliphatic rings. The van der Waals surface area contributed by atoms with Gasteiger partial charge in [0, 0.05) is 23.2 Å². The third kappa shape index (κ3) is 2.12. The van der Waals surface area contributed by atoms with Gasteiger partial charge in [-0.1, -0.05) is 6.42 Å². The van der Waals surface area contributed by atoms with Crippen molar-refractivity contribution in [1.82, 2.24) is 0 Å². The van der Waals surface area contributed by atoms with E-state index in [4.69, 9.17) is 5.73 Å². The number of anilines is 1. The summed E-state index contributed by atoms with van der Waals surface area (Å²) in [5.41, 5.74) is 7.25. The van der Waals surface area contributed by atoms with E-state index in [0.717, 1.165) is 24.8 Å². The molecule has 0 aromatic heterocycles. The van der Waals surface area contributed by atoms with Crippen LogP contribution in [0.3, 0.4) is 0 Å². The summed E-state index contributed by atoms with van der Waals surface area (Å²) in [5, 5.41) is 13.0. The number of hydrogen-bond acceptors (Lipinski definition) is 5. The van der Waals surface area contributed by atoms with Crippen molar-refractivity contribution < 1.29 is 4.92 Å². The molecule has 0 spiro atoms. The van der Waals surface area contributed by atoms with Crippen LogP contribution in [0.15, 0.2) is 23.2 Å². The molecule has 1 aliphatic carbocycles. The monoisotopic (exact) mass is 263 g/mol. The SMILES string of the molecule is Nc1cc([N+](=O)[O-])ccc1C1(CN=C=S)CCC1.